The fourth-order valence-corrected chi connectivity index (χ4v) is 2.55. The van der Waals surface area contributed by atoms with Crippen molar-refractivity contribution in [3.05, 3.63) is 12.2 Å². The Kier molecular flexibility index (Phi) is 1.59. The van der Waals surface area contributed by atoms with Gasteiger partial charge in [0.05, 0.1) is 6.61 Å². The molecule has 2 aliphatic carbocycles. The second kappa shape index (κ2) is 2.58. The first-order valence-electron chi connectivity index (χ1n) is 5.21. The largest absolute Gasteiger partial charge is 0.348 e. The third-order valence-electron chi connectivity index (χ3n) is 3.57. The van der Waals surface area contributed by atoms with Crippen LogP contribution in [-0.4, -0.2) is 19.0 Å². The first-order valence-corrected chi connectivity index (χ1v) is 5.21. The first kappa shape index (κ1) is 8.01. The minimum absolute atomic E-state index is 0.217. The normalized spacial score (nSPS) is 51.6. The van der Waals surface area contributed by atoms with E-state index in [2.05, 4.69) is 12.2 Å². The van der Waals surface area contributed by atoms with Crippen LogP contribution >= 0.6 is 0 Å². The fraction of sp³-hybridized carbons (Fsp3) is 0.818. The van der Waals surface area contributed by atoms with Crippen LogP contribution in [0.2, 0.25) is 0 Å². The van der Waals surface area contributed by atoms with E-state index in [1.165, 1.54) is 12.8 Å². The highest BCUT2D eigenvalue weighted by Crippen LogP contribution is 2.44. The van der Waals surface area contributed by atoms with Crippen LogP contribution in [0.5, 0.6) is 0 Å². The molecule has 0 N–H and O–H groups in total. The lowest BCUT2D eigenvalue weighted by atomic mass is 9.94. The number of hydrogen-bond donors (Lipinski definition) is 0. The number of ether oxygens (including phenoxy) is 2. The molecular formula is C11H16O2. The molecule has 2 bridgehead atoms. The van der Waals surface area contributed by atoms with Crippen LogP contribution < -0.4 is 0 Å². The SMILES string of the molecule is CC1(OCC2CC3C=CC2C3)CO1. The van der Waals surface area contributed by atoms with Crippen LogP contribution in [0.4, 0.5) is 0 Å². The van der Waals surface area contributed by atoms with Gasteiger partial charge in [0, 0.05) is 0 Å². The molecule has 1 heterocycles. The highest BCUT2D eigenvalue weighted by atomic mass is 16.8. The highest BCUT2D eigenvalue weighted by molar-refractivity contribution is 5.10. The molecular weight excluding hydrogens is 164 g/mol. The van der Waals surface area contributed by atoms with Crippen molar-refractivity contribution >= 4 is 0 Å². The molecule has 2 fully saturated rings. The predicted octanol–water partition coefficient (Wildman–Crippen LogP) is 1.96. The smallest absolute Gasteiger partial charge is 0.189 e. The standard InChI is InChI=1S/C11H16O2/c1-11(7-13-11)12-6-10-5-8-2-3-9(10)4-8/h2-3,8-10H,4-7H2,1H3. The van der Waals surface area contributed by atoms with Gasteiger partial charge in [-0.3, -0.25) is 0 Å². The Morgan fingerprint density at radius 2 is 2.31 bits per heavy atom. The zero-order chi connectivity index (χ0) is 8.89. The summed E-state index contributed by atoms with van der Waals surface area (Å²) in [5, 5.41) is 0. The summed E-state index contributed by atoms with van der Waals surface area (Å²) in [6, 6.07) is 0. The van der Waals surface area contributed by atoms with Gasteiger partial charge in [-0.1, -0.05) is 12.2 Å². The summed E-state index contributed by atoms with van der Waals surface area (Å²) >= 11 is 0. The van der Waals surface area contributed by atoms with Gasteiger partial charge in [-0.15, -0.1) is 0 Å². The van der Waals surface area contributed by atoms with E-state index >= 15 is 0 Å². The van der Waals surface area contributed by atoms with Crippen LogP contribution in [0.3, 0.4) is 0 Å². The first-order chi connectivity index (χ1) is 6.25. The van der Waals surface area contributed by atoms with Crippen molar-refractivity contribution in [1.29, 1.82) is 0 Å². The molecule has 4 unspecified atom stereocenters. The molecule has 0 spiro atoms. The van der Waals surface area contributed by atoms with Gasteiger partial charge in [-0.2, -0.15) is 0 Å². The van der Waals surface area contributed by atoms with Gasteiger partial charge >= 0.3 is 0 Å². The van der Waals surface area contributed by atoms with E-state index < -0.39 is 0 Å². The third kappa shape index (κ3) is 1.42. The number of fused-ring (bicyclic) bond motifs is 2. The molecule has 4 atom stereocenters. The second-order valence-corrected chi connectivity index (χ2v) is 4.77. The molecule has 0 radical (unpaired) electrons. The Morgan fingerprint density at radius 3 is 2.85 bits per heavy atom. The van der Waals surface area contributed by atoms with Gasteiger partial charge in [0.25, 0.3) is 0 Å². The molecule has 0 aromatic rings. The van der Waals surface area contributed by atoms with Crippen LogP contribution in [0.15, 0.2) is 12.2 Å². The molecule has 1 saturated carbocycles. The molecule has 13 heavy (non-hydrogen) atoms. The summed E-state index contributed by atoms with van der Waals surface area (Å²) < 4.78 is 10.9. The van der Waals surface area contributed by atoms with Crippen molar-refractivity contribution in [3.63, 3.8) is 0 Å². The van der Waals surface area contributed by atoms with Gasteiger partial charge in [-0.25, -0.2) is 0 Å². The quantitative estimate of drug-likeness (QED) is 0.489. The Balaban J connectivity index is 1.54. The van der Waals surface area contributed by atoms with E-state index in [4.69, 9.17) is 9.47 Å². The van der Waals surface area contributed by atoms with Crippen LogP contribution in [0.1, 0.15) is 19.8 Å². The zero-order valence-electron chi connectivity index (χ0n) is 8.03. The number of allylic oxidation sites excluding steroid dienone is 2. The average Bonchev–Trinajstić information content (AvgIpc) is 2.63. The van der Waals surface area contributed by atoms with Crippen LogP contribution in [-0.2, 0) is 9.47 Å². The molecule has 3 aliphatic rings. The topological polar surface area (TPSA) is 21.8 Å². The molecule has 72 valence electrons. The molecule has 0 aromatic carbocycles. The monoisotopic (exact) mass is 180 g/mol. The van der Waals surface area contributed by atoms with Gasteiger partial charge in [0.2, 0.25) is 0 Å². The summed E-state index contributed by atoms with van der Waals surface area (Å²) in [5.41, 5.74) is 0. The lowest BCUT2D eigenvalue weighted by molar-refractivity contribution is -0.0484. The Hall–Kier alpha value is -0.340. The van der Waals surface area contributed by atoms with Crippen molar-refractivity contribution < 1.29 is 9.47 Å². The molecule has 1 aliphatic heterocycles. The number of epoxide rings is 1. The summed E-state index contributed by atoms with van der Waals surface area (Å²) in [5.74, 6) is 2.20. The second-order valence-electron chi connectivity index (χ2n) is 4.77. The Bertz CT molecular complexity index is 242. The van der Waals surface area contributed by atoms with E-state index in [0.717, 1.165) is 31.0 Å². The highest BCUT2D eigenvalue weighted by Gasteiger charge is 2.43. The summed E-state index contributed by atoms with van der Waals surface area (Å²) in [4.78, 5) is 0. The van der Waals surface area contributed by atoms with Gasteiger partial charge in [0.15, 0.2) is 5.79 Å². The van der Waals surface area contributed by atoms with Gasteiger partial charge < -0.3 is 9.47 Å². The fourth-order valence-electron chi connectivity index (χ4n) is 2.55. The van der Waals surface area contributed by atoms with Crippen LogP contribution in [0.25, 0.3) is 0 Å². The van der Waals surface area contributed by atoms with Crippen molar-refractivity contribution in [2.24, 2.45) is 17.8 Å². The van der Waals surface area contributed by atoms with E-state index in [1.807, 2.05) is 6.92 Å². The molecule has 3 rings (SSSR count). The molecule has 0 aromatic heterocycles. The Morgan fingerprint density at radius 1 is 1.46 bits per heavy atom. The van der Waals surface area contributed by atoms with Gasteiger partial charge in [0.1, 0.15) is 6.61 Å². The maximum Gasteiger partial charge on any atom is 0.189 e. The number of hydrogen-bond acceptors (Lipinski definition) is 2. The lowest BCUT2D eigenvalue weighted by Crippen LogP contribution is -2.20. The minimum atomic E-state index is -0.217. The van der Waals surface area contributed by atoms with Crippen molar-refractivity contribution in [2.45, 2.75) is 25.6 Å². The van der Waals surface area contributed by atoms with Crippen molar-refractivity contribution in [3.8, 4) is 0 Å². The molecule has 2 heteroatoms. The maximum absolute atomic E-state index is 5.72. The van der Waals surface area contributed by atoms with Gasteiger partial charge in [-0.05, 0) is 37.5 Å². The molecule has 0 amide bonds. The van der Waals surface area contributed by atoms with E-state index in [0.29, 0.717) is 0 Å². The molecule has 1 saturated heterocycles. The predicted molar refractivity (Wildman–Crippen MR) is 49.2 cm³/mol. The van der Waals surface area contributed by atoms with Crippen molar-refractivity contribution in [1.82, 2.24) is 0 Å². The number of rotatable bonds is 3. The van der Waals surface area contributed by atoms with Crippen molar-refractivity contribution in [2.75, 3.05) is 13.2 Å². The van der Waals surface area contributed by atoms with E-state index in [-0.39, 0.29) is 5.79 Å². The molecule has 2 nitrogen and oxygen atoms in total. The van der Waals surface area contributed by atoms with E-state index in [1.54, 1.807) is 0 Å². The average molecular weight is 180 g/mol. The Labute approximate surface area is 78.9 Å². The van der Waals surface area contributed by atoms with Crippen LogP contribution in [0, 0.1) is 17.8 Å². The lowest BCUT2D eigenvalue weighted by Gasteiger charge is -2.19. The summed E-state index contributed by atoms with van der Waals surface area (Å²) in [7, 11) is 0. The maximum atomic E-state index is 5.72. The summed E-state index contributed by atoms with van der Waals surface area (Å²) in [6.07, 6.45) is 7.44. The van der Waals surface area contributed by atoms with E-state index in [9.17, 15) is 0 Å². The zero-order valence-corrected chi connectivity index (χ0v) is 8.03. The summed E-state index contributed by atoms with van der Waals surface area (Å²) in [6.45, 7) is 3.70. The minimum Gasteiger partial charge on any atom is -0.348 e. The third-order valence-corrected chi connectivity index (χ3v) is 3.57.